The second kappa shape index (κ2) is 2.65. The van der Waals surface area contributed by atoms with Gasteiger partial charge in [0.05, 0.1) is 0 Å². The van der Waals surface area contributed by atoms with Crippen molar-refractivity contribution in [3.63, 3.8) is 0 Å². The predicted molar refractivity (Wildman–Crippen MR) is 25.9 cm³/mol. The maximum Gasteiger partial charge on any atom is 0.430 e. The predicted octanol–water partition coefficient (Wildman–Crippen LogP) is 2.18. The molecule has 0 aliphatic carbocycles. The Balaban J connectivity index is 3.62. The van der Waals surface area contributed by atoms with E-state index in [2.05, 4.69) is 4.52 Å². The third-order valence-corrected chi connectivity index (χ3v) is 1.89. The highest BCUT2D eigenvalue weighted by Crippen LogP contribution is 2.49. The van der Waals surface area contributed by atoms with Gasteiger partial charge in [-0.3, -0.25) is 0 Å². The molecule has 0 N–H and O–H groups in total. The molecule has 1 nitrogen and oxygen atoms in total. The number of hydrogen-bond acceptors (Lipinski definition) is 1. The molecule has 0 fully saturated rings. The van der Waals surface area contributed by atoms with Gasteiger partial charge in [0.1, 0.15) is 8.15 Å². The van der Waals surface area contributed by atoms with Gasteiger partial charge in [-0.1, -0.05) is 0 Å². The van der Waals surface area contributed by atoms with Gasteiger partial charge < -0.3 is 4.52 Å². The Morgan fingerprint density at radius 2 is 1.75 bits per heavy atom. The second-order valence-electron chi connectivity index (χ2n) is 1.15. The minimum atomic E-state index is -4.15. The van der Waals surface area contributed by atoms with Gasteiger partial charge >= 0.3 is 5.92 Å². The summed E-state index contributed by atoms with van der Waals surface area (Å²) in [6, 6.07) is 0. The normalized spacial score (nSPS) is 16.1. The summed E-state index contributed by atoms with van der Waals surface area (Å²) in [7, 11) is -1.16. The lowest BCUT2D eigenvalue weighted by atomic mass is 11.5. The zero-order chi connectivity index (χ0) is 6.78. The molecular weight excluding hydrogens is 140 g/mol. The van der Waals surface area contributed by atoms with Crippen molar-refractivity contribution < 1.29 is 17.7 Å². The van der Waals surface area contributed by atoms with Crippen LogP contribution >= 0.6 is 8.15 Å². The summed E-state index contributed by atoms with van der Waals surface area (Å²) in [6.45, 7) is 1.02. The first kappa shape index (κ1) is 8.18. The van der Waals surface area contributed by atoms with Gasteiger partial charge in [0.25, 0.3) is 0 Å². The van der Waals surface area contributed by atoms with Gasteiger partial charge in [0, 0.05) is 7.11 Å². The second-order valence-corrected chi connectivity index (χ2v) is 3.02. The molecule has 0 radical (unpaired) electrons. The number of hydrogen-bond donors (Lipinski definition) is 0. The van der Waals surface area contributed by atoms with Gasteiger partial charge in [-0.05, 0) is 6.66 Å². The van der Waals surface area contributed by atoms with Crippen LogP contribution in [0.2, 0.25) is 0 Å². The Morgan fingerprint density at radius 3 is 1.75 bits per heavy atom. The van der Waals surface area contributed by atoms with Crippen LogP contribution in [0.15, 0.2) is 0 Å². The standard InChI is InChI=1S/C3H6F3OP/c1-7-8(2)3(4,5)6/h1-2H3. The smallest absolute Gasteiger partial charge is 0.354 e. The third kappa shape index (κ3) is 2.48. The lowest BCUT2D eigenvalue weighted by molar-refractivity contribution is -0.0478. The van der Waals surface area contributed by atoms with E-state index in [0.29, 0.717) is 0 Å². The summed E-state index contributed by atoms with van der Waals surface area (Å²) in [5.41, 5.74) is 0. The SMILES string of the molecule is COP(C)C(F)(F)F. The van der Waals surface area contributed by atoms with Gasteiger partial charge in [-0.2, -0.15) is 13.2 Å². The van der Waals surface area contributed by atoms with Crippen LogP contribution in [0.4, 0.5) is 13.2 Å². The molecule has 0 rings (SSSR count). The fourth-order valence-electron chi connectivity index (χ4n) is 0.104. The van der Waals surface area contributed by atoms with E-state index in [1.165, 1.54) is 0 Å². The highest BCUT2D eigenvalue weighted by molar-refractivity contribution is 7.52. The zero-order valence-electron chi connectivity index (χ0n) is 4.49. The lowest BCUT2D eigenvalue weighted by Crippen LogP contribution is -2.03. The monoisotopic (exact) mass is 146 g/mol. The van der Waals surface area contributed by atoms with Crippen LogP contribution in [0.3, 0.4) is 0 Å². The molecule has 0 amide bonds. The third-order valence-electron chi connectivity index (χ3n) is 0.631. The maximum absolute atomic E-state index is 11.4. The van der Waals surface area contributed by atoms with Crippen LogP contribution in [-0.2, 0) is 4.52 Å². The van der Waals surface area contributed by atoms with Crippen LogP contribution in [0.5, 0.6) is 0 Å². The number of halogens is 3. The highest BCUT2D eigenvalue weighted by atomic mass is 31.1. The molecule has 1 atom stereocenters. The topological polar surface area (TPSA) is 9.23 Å². The summed E-state index contributed by atoms with van der Waals surface area (Å²) in [5, 5.41) is 0. The van der Waals surface area contributed by atoms with Crippen molar-refractivity contribution in [3.05, 3.63) is 0 Å². The number of rotatable bonds is 1. The van der Waals surface area contributed by atoms with Crippen molar-refractivity contribution >= 4 is 8.15 Å². The average molecular weight is 146 g/mol. The fourth-order valence-corrected chi connectivity index (χ4v) is 0.311. The molecular formula is C3H6F3OP. The van der Waals surface area contributed by atoms with Crippen molar-refractivity contribution in [1.82, 2.24) is 0 Å². The van der Waals surface area contributed by atoms with E-state index < -0.39 is 14.1 Å². The maximum atomic E-state index is 11.4. The average Bonchev–Trinajstić information content (AvgIpc) is 1.62. The van der Waals surface area contributed by atoms with Crippen molar-refractivity contribution in [2.24, 2.45) is 0 Å². The molecule has 0 aromatic rings. The van der Waals surface area contributed by atoms with Gasteiger partial charge in [-0.25, -0.2) is 0 Å². The van der Waals surface area contributed by atoms with Crippen LogP contribution in [0, 0.1) is 0 Å². The summed E-state index contributed by atoms with van der Waals surface area (Å²) >= 11 is 0. The van der Waals surface area contributed by atoms with Crippen molar-refractivity contribution in [2.45, 2.75) is 5.92 Å². The van der Waals surface area contributed by atoms with E-state index in [1.54, 1.807) is 0 Å². The Labute approximate surface area is 46.7 Å². The largest absolute Gasteiger partial charge is 0.430 e. The Kier molecular flexibility index (Phi) is 2.71. The van der Waals surface area contributed by atoms with E-state index in [9.17, 15) is 13.2 Å². The molecule has 0 heterocycles. The molecule has 8 heavy (non-hydrogen) atoms. The molecule has 0 aliphatic heterocycles. The molecule has 1 unspecified atom stereocenters. The Morgan fingerprint density at radius 1 is 1.38 bits per heavy atom. The summed E-state index contributed by atoms with van der Waals surface area (Å²) in [5.74, 6) is -4.15. The minimum absolute atomic E-state index is 1.02. The zero-order valence-corrected chi connectivity index (χ0v) is 5.38. The number of alkyl halides is 3. The van der Waals surface area contributed by atoms with Crippen molar-refractivity contribution in [2.75, 3.05) is 13.8 Å². The van der Waals surface area contributed by atoms with Gasteiger partial charge in [0.15, 0.2) is 0 Å². The van der Waals surface area contributed by atoms with Gasteiger partial charge in [-0.15, -0.1) is 0 Å². The minimum Gasteiger partial charge on any atom is -0.354 e. The van der Waals surface area contributed by atoms with Crippen LogP contribution in [0.1, 0.15) is 0 Å². The summed E-state index contributed by atoms with van der Waals surface area (Å²) in [4.78, 5) is 0. The molecule has 0 saturated carbocycles. The summed E-state index contributed by atoms with van der Waals surface area (Å²) in [6.07, 6.45) is 0. The van der Waals surface area contributed by atoms with E-state index in [4.69, 9.17) is 0 Å². The van der Waals surface area contributed by atoms with Gasteiger partial charge in [0.2, 0.25) is 0 Å². The van der Waals surface area contributed by atoms with Crippen LogP contribution in [-0.4, -0.2) is 19.7 Å². The lowest BCUT2D eigenvalue weighted by Gasteiger charge is -2.11. The molecule has 0 aliphatic rings. The van der Waals surface area contributed by atoms with Crippen LogP contribution in [0.25, 0.3) is 0 Å². The van der Waals surface area contributed by atoms with Crippen molar-refractivity contribution in [1.29, 1.82) is 0 Å². The van der Waals surface area contributed by atoms with Crippen LogP contribution < -0.4 is 0 Å². The quantitative estimate of drug-likeness (QED) is 0.515. The molecule has 0 saturated heterocycles. The van der Waals surface area contributed by atoms with Crippen molar-refractivity contribution in [3.8, 4) is 0 Å². The molecule has 50 valence electrons. The summed E-state index contributed by atoms with van der Waals surface area (Å²) < 4.78 is 38.1. The van der Waals surface area contributed by atoms with E-state index in [0.717, 1.165) is 13.8 Å². The Bertz CT molecular complexity index is 71.4. The first-order valence-electron chi connectivity index (χ1n) is 1.83. The molecule has 0 aromatic carbocycles. The molecule has 0 aromatic heterocycles. The van der Waals surface area contributed by atoms with E-state index in [1.807, 2.05) is 0 Å². The fraction of sp³-hybridized carbons (Fsp3) is 1.00. The first-order chi connectivity index (χ1) is 3.48. The Hall–Kier alpha value is 0.180. The molecule has 0 bridgehead atoms. The molecule has 0 spiro atoms. The molecule has 5 heteroatoms. The highest BCUT2D eigenvalue weighted by Gasteiger charge is 2.36. The first-order valence-corrected chi connectivity index (χ1v) is 3.54. The van der Waals surface area contributed by atoms with E-state index >= 15 is 0 Å². The van der Waals surface area contributed by atoms with E-state index in [-0.39, 0.29) is 0 Å².